The number of halogens is 4. The summed E-state index contributed by atoms with van der Waals surface area (Å²) in [5, 5.41) is 15.5. The molecule has 1 atom stereocenters. The Balaban J connectivity index is 1.66. The minimum absolute atomic E-state index is 0.00430. The number of pyridine rings is 1. The fourth-order valence-corrected chi connectivity index (χ4v) is 4.44. The molecule has 1 aliphatic heterocycles. The van der Waals surface area contributed by atoms with Gasteiger partial charge in [-0.1, -0.05) is 11.6 Å². The van der Waals surface area contributed by atoms with Crippen LogP contribution in [-0.4, -0.2) is 33.1 Å². The zero-order chi connectivity index (χ0) is 23.5. The summed E-state index contributed by atoms with van der Waals surface area (Å²) in [7, 11) is 1.54. The average molecular weight is 493 g/mol. The molecule has 2 aromatic heterocycles. The van der Waals surface area contributed by atoms with E-state index in [-0.39, 0.29) is 39.2 Å². The molecule has 5 rings (SSSR count). The highest BCUT2D eigenvalue weighted by molar-refractivity contribution is 6.33. The molecule has 8 nitrogen and oxygen atoms in total. The van der Waals surface area contributed by atoms with Gasteiger partial charge in [0.25, 0.3) is 5.56 Å². The van der Waals surface area contributed by atoms with E-state index >= 15 is 0 Å². The Bertz CT molecular complexity index is 1400. The number of benzene rings is 1. The molecule has 2 N–H and O–H groups in total. The molecule has 1 saturated carbocycles. The highest BCUT2D eigenvalue weighted by Crippen LogP contribution is 2.45. The predicted octanol–water partition coefficient (Wildman–Crippen LogP) is 4.47. The van der Waals surface area contributed by atoms with Crippen molar-refractivity contribution in [2.75, 3.05) is 17.2 Å². The lowest BCUT2D eigenvalue weighted by Gasteiger charge is -2.25. The number of aryl methyl sites for hydroxylation is 1. The van der Waals surface area contributed by atoms with Crippen molar-refractivity contribution in [3.63, 3.8) is 0 Å². The predicted molar refractivity (Wildman–Crippen MR) is 120 cm³/mol. The maximum atomic E-state index is 14.8. The molecule has 0 radical (unpaired) electrons. The Hall–Kier alpha value is -3.16. The minimum Gasteiger partial charge on any atom is -0.480 e. The van der Waals surface area contributed by atoms with E-state index < -0.39 is 24.1 Å². The molecule has 2 aliphatic rings. The Morgan fingerprint density at radius 3 is 2.79 bits per heavy atom. The molecule has 0 spiro atoms. The third-order valence-corrected chi connectivity index (χ3v) is 6.27. The number of hydrogen-bond donors (Lipinski definition) is 2. The first-order valence-corrected chi connectivity index (χ1v) is 10.8. The number of nitriles is 1. The second-order valence-electron chi connectivity index (χ2n) is 8.05. The van der Waals surface area contributed by atoms with Crippen molar-refractivity contribution in [1.82, 2.24) is 14.5 Å². The number of nitrogens with zero attached hydrogens (tertiary/aromatic N) is 4. The maximum absolute atomic E-state index is 14.8. The first-order chi connectivity index (χ1) is 15.7. The monoisotopic (exact) mass is 492 g/mol. The Kier molecular flexibility index (Phi) is 5.06. The van der Waals surface area contributed by atoms with Crippen molar-refractivity contribution < 1.29 is 13.5 Å². The van der Waals surface area contributed by atoms with Crippen molar-refractivity contribution >= 4 is 51.3 Å². The molecule has 33 heavy (non-hydrogen) atoms. The summed E-state index contributed by atoms with van der Waals surface area (Å²) < 4.78 is 36.2. The largest absolute Gasteiger partial charge is 0.480 e. The number of fused-ring (bicyclic) bond motifs is 3. The molecule has 1 fully saturated rings. The number of hydrogen-bond acceptors (Lipinski definition) is 7. The molecular weight excluding hydrogens is 477 g/mol. The van der Waals surface area contributed by atoms with Crippen LogP contribution in [-0.2, 0) is 7.05 Å². The van der Waals surface area contributed by atoms with Crippen molar-refractivity contribution in [2.24, 2.45) is 13.0 Å². The quantitative estimate of drug-likeness (QED) is 0.410. The smallest absolute Gasteiger partial charge is 0.301 e. The second-order valence-corrected chi connectivity index (χ2v) is 8.75. The van der Waals surface area contributed by atoms with Crippen LogP contribution in [0.1, 0.15) is 18.4 Å². The van der Waals surface area contributed by atoms with E-state index in [0.29, 0.717) is 29.4 Å². The van der Waals surface area contributed by atoms with Gasteiger partial charge < -0.3 is 19.9 Å². The van der Waals surface area contributed by atoms with Gasteiger partial charge in [0.05, 0.1) is 17.2 Å². The highest BCUT2D eigenvalue weighted by atomic mass is 35.5. The van der Waals surface area contributed by atoms with E-state index in [1.54, 1.807) is 25.2 Å². The molecule has 0 bridgehead atoms. The van der Waals surface area contributed by atoms with Crippen molar-refractivity contribution in [1.29, 1.82) is 5.26 Å². The highest BCUT2D eigenvalue weighted by Gasteiger charge is 2.51. The van der Waals surface area contributed by atoms with E-state index in [1.807, 2.05) is 6.07 Å². The SMILES string of the molecule is Cn1c(=O)c2c(c3cc(Nc4nc(Cl)nc(Cl)c4C#N)ccc31)N[C@@H](C1CC1)C(F)(F)CO2. The molecule has 170 valence electrons. The molecule has 0 saturated heterocycles. The average Bonchev–Trinajstić information content (AvgIpc) is 3.59. The van der Waals surface area contributed by atoms with Crippen molar-refractivity contribution in [2.45, 2.75) is 24.8 Å². The number of ether oxygens (including phenoxy) is 1. The molecule has 3 aromatic rings. The van der Waals surface area contributed by atoms with E-state index in [2.05, 4.69) is 20.6 Å². The van der Waals surface area contributed by atoms with Crippen molar-refractivity contribution in [3.05, 3.63) is 44.6 Å². The van der Waals surface area contributed by atoms with Gasteiger partial charge in [-0.15, -0.1) is 0 Å². The summed E-state index contributed by atoms with van der Waals surface area (Å²) in [4.78, 5) is 20.6. The molecule has 0 unspecified atom stereocenters. The van der Waals surface area contributed by atoms with Crippen LogP contribution in [0.5, 0.6) is 5.75 Å². The summed E-state index contributed by atoms with van der Waals surface area (Å²) in [5.41, 5.74) is 0.672. The van der Waals surface area contributed by atoms with Crippen LogP contribution in [0.2, 0.25) is 10.4 Å². The van der Waals surface area contributed by atoms with Gasteiger partial charge in [0.2, 0.25) is 11.0 Å². The number of alkyl halides is 2. The molecule has 1 aliphatic carbocycles. The zero-order valence-electron chi connectivity index (χ0n) is 17.1. The van der Waals surface area contributed by atoms with Gasteiger partial charge in [0.1, 0.15) is 11.6 Å². The lowest BCUT2D eigenvalue weighted by Crippen LogP contribution is -2.44. The molecule has 0 amide bonds. The van der Waals surface area contributed by atoms with Crippen LogP contribution < -0.4 is 20.9 Å². The summed E-state index contributed by atoms with van der Waals surface area (Å²) >= 11 is 11.9. The standard InChI is InChI=1S/C21H16Cl2F2N6O2/c1-31-13-5-4-10(27-18-12(7-26)17(22)29-20(23)30-18)6-11(13)14-15(19(31)32)33-8-21(24,25)16(28-14)9-2-3-9/h4-6,9,16,28H,2-3,8H2,1H3,(H,27,29,30)/t16-/m0/s1. The first-order valence-electron chi connectivity index (χ1n) is 10.0. The van der Waals surface area contributed by atoms with E-state index in [0.717, 1.165) is 0 Å². The molecular formula is C21H16Cl2F2N6O2. The summed E-state index contributed by atoms with van der Waals surface area (Å²) in [6, 6.07) is 5.75. The van der Waals surface area contributed by atoms with Gasteiger partial charge in [-0.05, 0) is 48.6 Å². The van der Waals surface area contributed by atoms with Gasteiger partial charge in [-0.25, -0.2) is 13.8 Å². The fourth-order valence-electron chi connectivity index (χ4n) is 4.02. The third kappa shape index (κ3) is 3.71. The van der Waals surface area contributed by atoms with Crippen LogP contribution >= 0.6 is 23.2 Å². The number of nitrogens with one attached hydrogen (secondary N) is 2. The van der Waals surface area contributed by atoms with Crippen molar-refractivity contribution in [3.8, 4) is 11.8 Å². The maximum Gasteiger partial charge on any atom is 0.301 e. The van der Waals surface area contributed by atoms with Crippen LogP contribution in [0.25, 0.3) is 10.9 Å². The lowest BCUT2D eigenvalue weighted by atomic mass is 10.0. The van der Waals surface area contributed by atoms with Gasteiger partial charge in [0.15, 0.2) is 17.6 Å². The topological polar surface area (TPSA) is 105 Å². The fraction of sp³-hybridized carbons (Fsp3) is 0.333. The Morgan fingerprint density at radius 1 is 1.33 bits per heavy atom. The van der Waals surface area contributed by atoms with Gasteiger partial charge in [-0.3, -0.25) is 4.79 Å². The van der Waals surface area contributed by atoms with E-state index in [4.69, 9.17) is 27.9 Å². The van der Waals surface area contributed by atoms with Crippen LogP contribution in [0.3, 0.4) is 0 Å². The number of anilines is 3. The minimum atomic E-state index is -3.14. The second kappa shape index (κ2) is 7.71. The van der Waals surface area contributed by atoms with E-state index in [9.17, 15) is 18.8 Å². The zero-order valence-corrected chi connectivity index (χ0v) is 18.6. The normalized spacial score (nSPS) is 19.1. The third-order valence-electron chi connectivity index (χ3n) is 5.82. The summed E-state index contributed by atoms with van der Waals surface area (Å²) in [5.74, 6) is -3.40. The van der Waals surface area contributed by atoms with Crippen LogP contribution in [0, 0.1) is 17.2 Å². The van der Waals surface area contributed by atoms with Gasteiger partial charge >= 0.3 is 5.92 Å². The summed E-state index contributed by atoms with van der Waals surface area (Å²) in [6.07, 6.45) is 1.37. The Morgan fingerprint density at radius 2 is 2.09 bits per heavy atom. The first kappa shape index (κ1) is 21.7. The lowest BCUT2D eigenvalue weighted by molar-refractivity contribution is -0.0579. The van der Waals surface area contributed by atoms with Gasteiger partial charge in [-0.2, -0.15) is 10.2 Å². The Labute approximate surface area is 196 Å². The van der Waals surface area contributed by atoms with E-state index in [1.165, 1.54) is 4.57 Å². The molecule has 3 heterocycles. The van der Waals surface area contributed by atoms with Gasteiger partial charge in [0, 0.05) is 18.1 Å². The summed E-state index contributed by atoms with van der Waals surface area (Å²) in [6.45, 7) is -0.879. The molecule has 1 aromatic carbocycles. The van der Waals surface area contributed by atoms with Crippen LogP contribution in [0.15, 0.2) is 23.0 Å². The number of rotatable bonds is 3. The molecule has 12 heteroatoms. The van der Waals surface area contributed by atoms with Crippen LogP contribution in [0.4, 0.5) is 26.0 Å². The number of aromatic nitrogens is 3.